The van der Waals surface area contributed by atoms with Gasteiger partial charge in [-0.1, -0.05) is 18.2 Å². The molecule has 0 aliphatic heterocycles. The molecule has 0 aliphatic carbocycles. The fourth-order valence-corrected chi connectivity index (χ4v) is 2.58. The quantitative estimate of drug-likeness (QED) is 0.596. The summed E-state index contributed by atoms with van der Waals surface area (Å²) in [6.07, 6.45) is 2.86. The minimum atomic E-state index is -0.403. The van der Waals surface area contributed by atoms with Crippen LogP contribution in [0.25, 0.3) is 0 Å². The largest absolute Gasteiger partial charge is 0.496 e. The molecule has 0 bridgehead atoms. The molecular weight excluding hydrogens is 372 g/mol. The van der Waals surface area contributed by atoms with Crippen molar-refractivity contribution in [2.75, 3.05) is 19.5 Å². The molecule has 0 aliphatic rings. The molecule has 8 nitrogen and oxygen atoms in total. The number of esters is 1. The average Bonchev–Trinajstić information content (AvgIpc) is 2.78. The van der Waals surface area contributed by atoms with Crippen LogP contribution in [0.15, 0.2) is 60.9 Å². The summed E-state index contributed by atoms with van der Waals surface area (Å²) in [5.74, 6) is 0.436. The molecule has 0 radical (unpaired) electrons. The number of para-hydroxylation sites is 1. The number of aromatic nitrogens is 2. The third-order valence-electron chi connectivity index (χ3n) is 4.09. The Labute approximate surface area is 167 Å². The fourth-order valence-electron chi connectivity index (χ4n) is 2.58. The Morgan fingerprint density at radius 2 is 1.72 bits per heavy atom. The van der Waals surface area contributed by atoms with Crippen LogP contribution in [0.5, 0.6) is 5.75 Å². The summed E-state index contributed by atoms with van der Waals surface area (Å²) >= 11 is 0. The number of hydrogen-bond donors (Lipinski definition) is 2. The van der Waals surface area contributed by atoms with Gasteiger partial charge < -0.3 is 20.1 Å². The minimum absolute atomic E-state index is 0.200. The molecule has 0 atom stereocenters. The Hall–Kier alpha value is -3.94. The van der Waals surface area contributed by atoms with Crippen molar-refractivity contribution < 1.29 is 19.1 Å². The predicted molar refractivity (Wildman–Crippen MR) is 107 cm³/mol. The van der Waals surface area contributed by atoms with Crippen molar-refractivity contribution in [2.24, 2.45) is 0 Å². The van der Waals surface area contributed by atoms with E-state index in [0.717, 1.165) is 11.3 Å². The fraction of sp³-hybridized carbons (Fsp3) is 0.143. The molecule has 1 amide bonds. The SMILES string of the molecule is COC(=O)c1ccc(Nc2cnc(C(=O)NCc3ccccc3OC)cn2)cc1. The second kappa shape index (κ2) is 9.32. The molecular formula is C21H20N4O4. The first-order chi connectivity index (χ1) is 14.1. The van der Waals surface area contributed by atoms with Crippen LogP contribution in [-0.2, 0) is 11.3 Å². The Balaban J connectivity index is 1.59. The third-order valence-corrected chi connectivity index (χ3v) is 4.09. The first kappa shape index (κ1) is 19.8. The molecule has 3 aromatic rings. The predicted octanol–water partition coefficient (Wildman–Crippen LogP) is 2.95. The highest BCUT2D eigenvalue weighted by Crippen LogP contribution is 2.17. The van der Waals surface area contributed by atoms with E-state index in [1.165, 1.54) is 19.5 Å². The standard InChI is InChI=1S/C21H20N4O4/c1-28-18-6-4-3-5-15(18)11-24-20(26)17-12-23-19(13-22-17)25-16-9-7-14(8-10-16)21(27)29-2/h3-10,12-13H,11H2,1-2H3,(H,23,25)(H,24,26). The molecule has 29 heavy (non-hydrogen) atoms. The molecule has 0 saturated carbocycles. The summed E-state index contributed by atoms with van der Waals surface area (Å²) in [4.78, 5) is 32.1. The summed E-state index contributed by atoms with van der Waals surface area (Å²) in [7, 11) is 2.92. The number of nitrogens with zero attached hydrogens (tertiary/aromatic N) is 2. The van der Waals surface area contributed by atoms with Crippen molar-refractivity contribution in [2.45, 2.75) is 6.54 Å². The van der Waals surface area contributed by atoms with Gasteiger partial charge in [0.2, 0.25) is 0 Å². The Morgan fingerprint density at radius 3 is 2.38 bits per heavy atom. The molecule has 148 valence electrons. The molecule has 8 heteroatoms. The van der Waals surface area contributed by atoms with Gasteiger partial charge >= 0.3 is 5.97 Å². The van der Waals surface area contributed by atoms with Gasteiger partial charge in [0.15, 0.2) is 0 Å². The molecule has 0 saturated heterocycles. The van der Waals surface area contributed by atoms with Crippen LogP contribution in [0, 0.1) is 0 Å². The van der Waals surface area contributed by atoms with Crippen LogP contribution in [-0.4, -0.2) is 36.1 Å². The van der Waals surface area contributed by atoms with Gasteiger partial charge in [-0.2, -0.15) is 0 Å². The zero-order valence-corrected chi connectivity index (χ0v) is 16.0. The summed E-state index contributed by atoms with van der Waals surface area (Å²) < 4.78 is 9.93. The van der Waals surface area contributed by atoms with E-state index < -0.39 is 5.97 Å². The van der Waals surface area contributed by atoms with Crippen molar-refractivity contribution in [1.29, 1.82) is 0 Å². The average molecular weight is 392 g/mol. The van der Waals surface area contributed by atoms with Gasteiger partial charge in [0.1, 0.15) is 17.3 Å². The Bertz CT molecular complexity index is 988. The van der Waals surface area contributed by atoms with Crippen molar-refractivity contribution in [3.05, 3.63) is 77.7 Å². The summed E-state index contributed by atoms with van der Waals surface area (Å²) in [5.41, 5.74) is 2.24. The molecule has 1 heterocycles. The molecule has 0 unspecified atom stereocenters. The van der Waals surface area contributed by atoms with Crippen LogP contribution in [0.2, 0.25) is 0 Å². The summed E-state index contributed by atoms with van der Waals surface area (Å²) in [6, 6.07) is 14.2. The normalized spacial score (nSPS) is 10.1. The monoisotopic (exact) mass is 392 g/mol. The number of rotatable bonds is 7. The van der Waals surface area contributed by atoms with E-state index in [0.29, 0.717) is 23.7 Å². The number of nitrogens with one attached hydrogen (secondary N) is 2. The molecule has 2 aromatic carbocycles. The topological polar surface area (TPSA) is 102 Å². The lowest BCUT2D eigenvalue weighted by molar-refractivity contribution is 0.0600. The first-order valence-corrected chi connectivity index (χ1v) is 8.78. The minimum Gasteiger partial charge on any atom is -0.496 e. The smallest absolute Gasteiger partial charge is 0.337 e. The molecule has 0 spiro atoms. The highest BCUT2D eigenvalue weighted by molar-refractivity contribution is 5.92. The number of hydrogen-bond acceptors (Lipinski definition) is 7. The van der Waals surface area contributed by atoms with Crippen molar-refractivity contribution in [3.8, 4) is 5.75 Å². The number of ether oxygens (including phenoxy) is 2. The maximum atomic E-state index is 12.3. The number of amides is 1. The van der Waals surface area contributed by atoms with Crippen LogP contribution in [0.4, 0.5) is 11.5 Å². The van der Waals surface area contributed by atoms with E-state index >= 15 is 0 Å². The van der Waals surface area contributed by atoms with Crippen molar-refractivity contribution in [1.82, 2.24) is 15.3 Å². The van der Waals surface area contributed by atoms with Gasteiger partial charge in [0.05, 0.1) is 32.2 Å². The van der Waals surface area contributed by atoms with Gasteiger partial charge in [0, 0.05) is 17.8 Å². The lowest BCUT2D eigenvalue weighted by Gasteiger charge is -2.09. The van der Waals surface area contributed by atoms with Crippen LogP contribution in [0.3, 0.4) is 0 Å². The maximum absolute atomic E-state index is 12.3. The van der Waals surface area contributed by atoms with E-state index in [9.17, 15) is 9.59 Å². The first-order valence-electron chi connectivity index (χ1n) is 8.78. The summed E-state index contributed by atoms with van der Waals surface area (Å²) in [6.45, 7) is 0.317. The van der Waals surface area contributed by atoms with Gasteiger partial charge in [0.25, 0.3) is 5.91 Å². The van der Waals surface area contributed by atoms with Gasteiger partial charge in [-0.05, 0) is 30.3 Å². The van der Waals surface area contributed by atoms with Crippen LogP contribution in [0.1, 0.15) is 26.4 Å². The van der Waals surface area contributed by atoms with Gasteiger partial charge in [-0.25, -0.2) is 14.8 Å². The Morgan fingerprint density at radius 1 is 0.966 bits per heavy atom. The molecule has 3 rings (SSSR count). The van der Waals surface area contributed by atoms with E-state index in [1.807, 2.05) is 24.3 Å². The highest BCUT2D eigenvalue weighted by Gasteiger charge is 2.10. The number of carbonyl (C=O) groups is 2. The van der Waals surface area contributed by atoms with Gasteiger partial charge in [-0.3, -0.25) is 4.79 Å². The molecule has 0 fully saturated rings. The zero-order valence-electron chi connectivity index (χ0n) is 16.0. The number of methoxy groups -OCH3 is 2. The second-order valence-electron chi connectivity index (χ2n) is 5.98. The third kappa shape index (κ3) is 5.07. The number of anilines is 2. The van der Waals surface area contributed by atoms with E-state index in [4.69, 9.17) is 4.74 Å². The van der Waals surface area contributed by atoms with E-state index in [2.05, 4.69) is 25.3 Å². The summed E-state index contributed by atoms with van der Waals surface area (Å²) in [5, 5.41) is 5.85. The lowest BCUT2D eigenvalue weighted by Crippen LogP contribution is -2.24. The molecule has 1 aromatic heterocycles. The Kier molecular flexibility index (Phi) is 6.36. The molecule has 2 N–H and O–H groups in total. The second-order valence-corrected chi connectivity index (χ2v) is 5.98. The maximum Gasteiger partial charge on any atom is 0.337 e. The van der Waals surface area contributed by atoms with Crippen LogP contribution >= 0.6 is 0 Å². The van der Waals surface area contributed by atoms with E-state index in [1.54, 1.807) is 31.4 Å². The lowest BCUT2D eigenvalue weighted by atomic mass is 10.2. The number of carbonyl (C=O) groups excluding carboxylic acids is 2. The van der Waals surface area contributed by atoms with E-state index in [-0.39, 0.29) is 11.6 Å². The van der Waals surface area contributed by atoms with Crippen molar-refractivity contribution >= 4 is 23.4 Å². The van der Waals surface area contributed by atoms with Crippen LogP contribution < -0.4 is 15.4 Å². The van der Waals surface area contributed by atoms with Crippen molar-refractivity contribution in [3.63, 3.8) is 0 Å². The number of benzene rings is 2. The highest BCUT2D eigenvalue weighted by atomic mass is 16.5. The zero-order chi connectivity index (χ0) is 20.6. The van der Waals surface area contributed by atoms with Gasteiger partial charge in [-0.15, -0.1) is 0 Å².